The van der Waals surface area contributed by atoms with Gasteiger partial charge in [-0.1, -0.05) is 32.4 Å². The third-order valence-corrected chi connectivity index (χ3v) is 5.15. The summed E-state index contributed by atoms with van der Waals surface area (Å²) in [6, 6.07) is 14.6. The van der Waals surface area contributed by atoms with Gasteiger partial charge in [0.2, 0.25) is 0 Å². The van der Waals surface area contributed by atoms with Crippen LogP contribution in [-0.2, 0) is 5.41 Å². The third kappa shape index (κ3) is 5.93. The van der Waals surface area contributed by atoms with Gasteiger partial charge in [-0.25, -0.2) is 0 Å². The lowest BCUT2D eigenvalue weighted by molar-refractivity contribution is -0.384. The van der Waals surface area contributed by atoms with E-state index in [-0.39, 0.29) is 16.1 Å². The lowest BCUT2D eigenvalue weighted by Gasteiger charge is -2.23. The number of nitro groups is 1. The largest absolute Gasteiger partial charge is 0.496 e. The van der Waals surface area contributed by atoms with Gasteiger partial charge in [0.1, 0.15) is 22.9 Å². The molecule has 0 spiro atoms. The van der Waals surface area contributed by atoms with Gasteiger partial charge in [-0.05, 0) is 41.8 Å². The molecule has 0 fully saturated rings. The van der Waals surface area contributed by atoms with Crippen LogP contribution in [0.1, 0.15) is 26.3 Å². The van der Waals surface area contributed by atoms with Crippen molar-refractivity contribution in [2.75, 3.05) is 14.2 Å². The first-order valence-electron chi connectivity index (χ1n) is 10.3. The van der Waals surface area contributed by atoms with E-state index in [0.29, 0.717) is 34.2 Å². The van der Waals surface area contributed by atoms with Gasteiger partial charge in [0, 0.05) is 23.8 Å². The smallest absolute Gasteiger partial charge is 0.271 e. The molecule has 0 N–H and O–H groups in total. The van der Waals surface area contributed by atoms with Gasteiger partial charge in [0.15, 0.2) is 0 Å². The number of benzene rings is 3. The summed E-state index contributed by atoms with van der Waals surface area (Å²) in [6.45, 7) is 6.29. The van der Waals surface area contributed by atoms with Crippen LogP contribution in [0.4, 0.5) is 28.4 Å². The number of nitrogens with zero attached hydrogens (tertiary/aromatic N) is 5. The molecular weight excluding hydrogens is 458 g/mol. The Morgan fingerprint density at radius 2 is 1.35 bits per heavy atom. The molecule has 176 valence electrons. The Labute approximate surface area is 202 Å². The average molecular weight is 482 g/mol. The zero-order chi connectivity index (χ0) is 24.9. The Balaban J connectivity index is 1.79. The number of hydrogen-bond acceptors (Lipinski definition) is 8. The third-order valence-electron chi connectivity index (χ3n) is 4.85. The van der Waals surface area contributed by atoms with Crippen molar-refractivity contribution in [1.29, 1.82) is 0 Å². The van der Waals surface area contributed by atoms with Crippen molar-refractivity contribution in [3.8, 4) is 11.5 Å². The molecule has 0 aliphatic rings. The van der Waals surface area contributed by atoms with Crippen LogP contribution in [0, 0.1) is 10.1 Å². The van der Waals surface area contributed by atoms with Crippen molar-refractivity contribution in [3.05, 3.63) is 75.3 Å². The summed E-state index contributed by atoms with van der Waals surface area (Å²) in [7, 11) is 3.21. The number of halogens is 1. The van der Waals surface area contributed by atoms with E-state index in [1.54, 1.807) is 44.6 Å². The summed E-state index contributed by atoms with van der Waals surface area (Å²) in [4.78, 5) is 10.3. The first-order valence-corrected chi connectivity index (χ1v) is 10.6. The highest BCUT2D eigenvalue weighted by molar-refractivity contribution is 6.33. The van der Waals surface area contributed by atoms with Crippen LogP contribution in [0.5, 0.6) is 11.5 Å². The van der Waals surface area contributed by atoms with Crippen LogP contribution in [0.3, 0.4) is 0 Å². The number of hydrogen-bond donors (Lipinski definition) is 0. The predicted octanol–water partition coefficient (Wildman–Crippen LogP) is 8.39. The van der Waals surface area contributed by atoms with E-state index in [4.69, 9.17) is 21.1 Å². The standard InChI is InChI=1S/C24H24ClN5O4/c1-24(2,3)18-13-23(34-5)21(14-22(18)33-4)29-27-16-8-6-15(7-9-16)26-28-20-11-10-17(30(31)32)12-19(20)25/h6-14H,1-5H3. The number of rotatable bonds is 7. The molecule has 0 saturated heterocycles. The van der Waals surface area contributed by atoms with E-state index >= 15 is 0 Å². The van der Waals surface area contributed by atoms with Crippen molar-refractivity contribution in [2.45, 2.75) is 26.2 Å². The molecule has 0 aromatic heterocycles. The summed E-state index contributed by atoms with van der Waals surface area (Å²) in [6.07, 6.45) is 0. The molecule has 0 atom stereocenters. The van der Waals surface area contributed by atoms with Gasteiger partial charge >= 0.3 is 0 Å². The molecule has 0 heterocycles. The van der Waals surface area contributed by atoms with Gasteiger partial charge in [-0.2, -0.15) is 10.2 Å². The van der Waals surface area contributed by atoms with E-state index in [1.165, 1.54) is 18.2 Å². The zero-order valence-corrected chi connectivity index (χ0v) is 20.2. The van der Waals surface area contributed by atoms with E-state index in [1.807, 2.05) is 6.07 Å². The number of methoxy groups -OCH3 is 2. The van der Waals surface area contributed by atoms with E-state index < -0.39 is 4.92 Å². The Hall–Kier alpha value is -3.85. The molecule has 0 aliphatic carbocycles. The van der Waals surface area contributed by atoms with E-state index in [0.717, 1.165) is 5.56 Å². The van der Waals surface area contributed by atoms with Crippen LogP contribution >= 0.6 is 11.6 Å². The molecule has 3 aromatic carbocycles. The molecule has 34 heavy (non-hydrogen) atoms. The van der Waals surface area contributed by atoms with Crippen molar-refractivity contribution in [2.24, 2.45) is 20.5 Å². The Morgan fingerprint density at radius 1 is 0.794 bits per heavy atom. The molecule has 0 amide bonds. The average Bonchev–Trinajstić information content (AvgIpc) is 2.81. The molecule has 3 rings (SSSR count). The predicted molar refractivity (Wildman–Crippen MR) is 131 cm³/mol. The maximum Gasteiger partial charge on any atom is 0.271 e. The monoisotopic (exact) mass is 481 g/mol. The number of azo groups is 2. The molecule has 0 aliphatic heterocycles. The maximum atomic E-state index is 10.8. The fraction of sp³-hybridized carbons (Fsp3) is 0.250. The van der Waals surface area contributed by atoms with Crippen molar-refractivity contribution in [1.82, 2.24) is 0 Å². The minimum absolute atomic E-state index is 0.110. The SMILES string of the molecule is COc1cc(C(C)(C)C)c(OC)cc1N=Nc1ccc(N=Nc2ccc([N+](=O)[O-])cc2Cl)cc1. The number of nitro benzene ring substituents is 1. The Kier molecular flexibility index (Phi) is 7.57. The molecule has 9 nitrogen and oxygen atoms in total. The Bertz CT molecular complexity index is 1250. The molecule has 0 radical (unpaired) electrons. The second-order valence-corrected chi connectivity index (χ2v) is 8.69. The quantitative estimate of drug-likeness (QED) is 0.191. The van der Waals surface area contributed by atoms with Crippen molar-refractivity contribution < 1.29 is 14.4 Å². The second-order valence-electron chi connectivity index (χ2n) is 8.28. The van der Waals surface area contributed by atoms with Gasteiger partial charge < -0.3 is 9.47 Å². The normalized spacial score (nSPS) is 11.8. The van der Waals surface area contributed by atoms with Gasteiger partial charge in [0.05, 0.1) is 35.5 Å². The van der Waals surface area contributed by atoms with Crippen LogP contribution in [0.25, 0.3) is 0 Å². The molecule has 0 unspecified atom stereocenters. The molecule has 0 bridgehead atoms. The summed E-state index contributed by atoms with van der Waals surface area (Å²) in [5.74, 6) is 1.31. The molecule has 0 saturated carbocycles. The first kappa shape index (κ1) is 24.8. The minimum atomic E-state index is -0.523. The van der Waals surface area contributed by atoms with Crippen molar-refractivity contribution in [3.63, 3.8) is 0 Å². The second kappa shape index (κ2) is 10.4. The minimum Gasteiger partial charge on any atom is -0.496 e. The molecular formula is C24H24ClN5O4. The fourth-order valence-corrected chi connectivity index (χ4v) is 3.26. The number of ether oxygens (including phenoxy) is 2. The summed E-state index contributed by atoms with van der Waals surface area (Å²) in [5, 5.41) is 27.7. The zero-order valence-electron chi connectivity index (χ0n) is 19.4. The first-order chi connectivity index (χ1) is 16.1. The van der Waals surface area contributed by atoms with Crippen LogP contribution in [0.2, 0.25) is 5.02 Å². The van der Waals surface area contributed by atoms with Crippen LogP contribution in [-0.4, -0.2) is 19.1 Å². The van der Waals surface area contributed by atoms with Gasteiger partial charge in [-0.3, -0.25) is 10.1 Å². The Morgan fingerprint density at radius 3 is 1.82 bits per heavy atom. The lowest BCUT2D eigenvalue weighted by atomic mass is 9.86. The van der Waals surface area contributed by atoms with Crippen LogP contribution in [0.15, 0.2) is 75.1 Å². The topological polar surface area (TPSA) is 111 Å². The maximum absolute atomic E-state index is 10.8. The highest BCUT2D eigenvalue weighted by Crippen LogP contribution is 2.41. The summed E-state index contributed by atoms with van der Waals surface area (Å²) >= 11 is 6.04. The summed E-state index contributed by atoms with van der Waals surface area (Å²) < 4.78 is 11.1. The molecule has 10 heteroatoms. The van der Waals surface area contributed by atoms with Gasteiger partial charge in [0.25, 0.3) is 5.69 Å². The summed E-state index contributed by atoms with van der Waals surface area (Å²) in [5.41, 5.74) is 2.81. The van der Waals surface area contributed by atoms with Crippen LogP contribution < -0.4 is 9.47 Å². The number of non-ortho nitro benzene ring substituents is 1. The lowest BCUT2D eigenvalue weighted by Crippen LogP contribution is -2.13. The van der Waals surface area contributed by atoms with E-state index in [9.17, 15) is 10.1 Å². The van der Waals surface area contributed by atoms with Crippen molar-refractivity contribution >= 4 is 40.0 Å². The highest BCUT2D eigenvalue weighted by Gasteiger charge is 2.22. The molecule has 3 aromatic rings. The highest BCUT2D eigenvalue weighted by atomic mass is 35.5. The fourth-order valence-electron chi connectivity index (χ4n) is 3.05. The van der Waals surface area contributed by atoms with Gasteiger partial charge in [-0.15, -0.1) is 10.2 Å². The van der Waals surface area contributed by atoms with E-state index in [2.05, 4.69) is 41.2 Å².